The summed E-state index contributed by atoms with van der Waals surface area (Å²) in [6, 6.07) is 0. The molecule has 2 N–H and O–H groups in total. The summed E-state index contributed by atoms with van der Waals surface area (Å²) in [7, 11) is -4.08. The second-order valence-electron chi connectivity index (χ2n) is 3.98. The van der Waals surface area contributed by atoms with Crippen molar-refractivity contribution in [2.24, 2.45) is 0 Å². The third-order valence-corrected chi connectivity index (χ3v) is 4.18. The Bertz CT molecular complexity index is 326. The van der Waals surface area contributed by atoms with E-state index in [1.54, 1.807) is 13.8 Å². The molecule has 0 saturated heterocycles. The van der Waals surface area contributed by atoms with Gasteiger partial charge in [0.1, 0.15) is 0 Å². The van der Waals surface area contributed by atoms with E-state index in [1.165, 1.54) is 0 Å². The first-order valence-electron chi connectivity index (χ1n) is 4.48. The Morgan fingerprint density at radius 1 is 1.53 bits per heavy atom. The van der Waals surface area contributed by atoms with Crippen LogP contribution in [0.25, 0.3) is 0 Å². The van der Waals surface area contributed by atoms with Crippen LogP contribution < -0.4 is 5.32 Å². The number of amides is 1. The summed E-state index contributed by atoms with van der Waals surface area (Å²) in [5.74, 6) is -0.703. The summed E-state index contributed by atoms with van der Waals surface area (Å²) in [6.45, 7) is 4.97. The van der Waals surface area contributed by atoms with Crippen molar-refractivity contribution in [2.45, 2.75) is 36.7 Å². The molecular weight excluding hydrogens is 333 g/mol. The van der Waals surface area contributed by atoms with Crippen molar-refractivity contribution in [1.29, 1.82) is 0 Å². The average Bonchev–Trinajstić information content (AvgIpc) is 1.96. The molecule has 1 atom stereocenters. The molecule has 0 unspecified atom stereocenters. The summed E-state index contributed by atoms with van der Waals surface area (Å²) in [5, 5.41) is 2.58. The van der Waals surface area contributed by atoms with E-state index >= 15 is 0 Å². The summed E-state index contributed by atoms with van der Waals surface area (Å²) >= 11 is 1.98. The smallest absolute Gasteiger partial charge is 0.267 e. The molecule has 0 fully saturated rings. The summed E-state index contributed by atoms with van der Waals surface area (Å²) in [6.07, 6.45) is 0.675. The number of halogens is 1. The maximum absolute atomic E-state index is 11.5. The van der Waals surface area contributed by atoms with Crippen molar-refractivity contribution in [3.05, 3.63) is 0 Å². The van der Waals surface area contributed by atoms with Gasteiger partial charge in [0.15, 0.2) is 0 Å². The first-order valence-corrected chi connectivity index (χ1v) is 7.34. The lowest BCUT2D eigenvalue weighted by atomic mass is 10.1. The van der Waals surface area contributed by atoms with E-state index in [-0.39, 0.29) is 9.83 Å². The molecule has 0 aromatic carbocycles. The largest absolute Gasteiger partial charge is 0.349 e. The van der Waals surface area contributed by atoms with E-state index in [1.807, 2.05) is 29.5 Å². The number of carbonyl (C=O) groups is 1. The average molecular weight is 349 g/mol. The Morgan fingerprint density at radius 3 is 2.33 bits per heavy atom. The SMILES string of the molecule is CC[C@@H](I)C(=O)NC(C)(C)CS(=O)(=O)O. The van der Waals surface area contributed by atoms with Crippen molar-refractivity contribution in [3.8, 4) is 0 Å². The second-order valence-corrected chi connectivity index (χ2v) is 6.93. The van der Waals surface area contributed by atoms with E-state index < -0.39 is 21.4 Å². The molecule has 0 aromatic heterocycles. The molecule has 0 spiro atoms. The Morgan fingerprint density at radius 2 is 2.00 bits per heavy atom. The zero-order chi connectivity index (χ0) is 12.3. The molecule has 0 heterocycles. The van der Waals surface area contributed by atoms with Gasteiger partial charge in [-0.15, -0.1) is 0 Å². The van der Waals surface area contributed by atoms with Gasteiger partial charge in [-0.3, -0.25) is 9.35 Å². The Labute approximate surface area is 104 Å². The number of hydrogen-bond donors (Lipinski definition) is 2. The summed E-state index contributed by atoms with van der Waals surface area (Å²) < 4.78 is 29.8. The molecule has 90 valence electrons. The third-order valence-electron chi connectivity index (χ3n) is 1.65. The van der Waals surface area contributed by atoms with Crippen LogP contribution in [0, 0.1) is 0 Å². The lowest BCUT2D eigenvalue weighted by Crippen LogP contribution is -2.50. The highest BCUT2D eigenvalue weighted by Crippen LogP contribution is 2.10. The van der Waals surface area contributed by atoms with Gasteiger partial charge in [-0.2, -0.15) is 8.42 Å². The topological polar surface area (TPSA) is 83.5 Å². The van der Waals surface area contributed by atoms with Crippen LogP contribution in [0.2, 0.25) is 0 Å². The van der Waals surface area contributed by atoms with Gasteiger partial charge < -0.3 is 5.32 Å². The first-order chi connectivity index (χ1) is 6.57. The molecule has 0 aromatic rings. The Balaban J connectivity index is 4.45. The molecule has 0 bridgehead atoms. The normalized spacial score (nSPS) is 14.7. The van der Waals surface area contributed by atoms with E-state index in [4.69, 9.17) is 4.55 Å². The molecule has 15 heavy (non-hydrogen) atoms. The van der Waals surface area contributed by atoms with Crippen LogP contribution in [0.4, 0.5) is 0 Å². The molecule has 0 saturated carbocycles. The molecule has 0 aliphatic heterocycles. The number of rotatable bonds is 5. The van der Waals surface area contributed by atoms with Crippen LogP contribution in [-0.2, 0) is 14.9 Å². The zero-order valence-electron chi connectivity index (χ0n) is 8.95. The first kappa shape index (κ1) is 15.1. The van der Waals surface area contributed by atoms with E-state index in [2.05, 4.69) is 5.32 Å². The zero-order valence-corrected chi connectivity index (χ0v) is 11.9. The summed E-state index contributed by atoms with van der Waals surface area (Å²) in [4.78, 5) is 11.5. The molecule has 0 aliphatic rings. The van der Waals surface area contributed by atoms with Gasteiger partial charge in [0.05, 0.1) is 15.2 Å². The van der Waals surface area contributed by atoms with Crippen LogP contribution in [0.3, 0.4) is 0 Å². The lowest BCUT2D eigenvalue weighted by molar-refractivity contribution is -0.121. The van der Waals surface area contributed by atoms with Gasteiger partial charge in [-0.1, -0.05) is 29.5 Å². The van der Waals surface area contributed by atoms with Gasteiger partial charge >= 0.3 is 0 Å². The van der Waals surface area contributed by atoms with Crippen LogP contribution in [-0.4, -0.2) is 34.1 Å². The fraction of sp³-hybridized carbons (Fsp3) is 0.875. The lowest BCUT2D eigenvalue weighted by Gasteiger charge is -2.25. The highest BCUT2D eigenvalue weighted by molar-refractivity contribution is 14.1. The standard InChI is InChI=1S/C8H16INO4S/c1-4-6(9)7(11)10-8(2,3)5-15(12,13)14/h6H,4-5H2,1-3H3,(H,10,11)(H,12,13,14)/t6-/m1/s1. The minimum absolute atomic E-state index is 0.191. The van der Waals surface area contributed by atoms with Crippen LogP contribution in [0.1, 0.15) is 27.2 Å². The second kappa shape index (κ2) is 5.44. The quantitative estimate of drug-likeness (QED) is 0.440. The molecule has 1 amide bonds. The maximum atomic E-state index is 11.5. The molecular formula is C8H16INO4S. The fourth-order valence-corrected chi connectivity index (χ4v) is 2.23. The third kappa shape index (κ3) is 7.07. The van der Waals surface area contributed by atoms with Crippen LogP contribution >= 0.6 is 22.6 Å². The number of alkyl halides is 1. The van der Waals surface area contributed by atoms with Gasteiger partial charge in [-0.25, -0.2) is 0 Å². The van der Waals surface area contributed by atoms with Gasteiger partial charge in [0.25, 0.3) is 10.1 Å². The minimum Gasteiger partial charge on any atom is -0.349 e. The van der Waals surface area contributed by atoms with Gasteiger partial charge in [0.2, 0.25) is 5.91 Å². The number of carbonyl (C=O) groups excluding carboxylic acids is 1. The van der Waals surface area contributed by atoms with Crippen molar-refractivity contribution < 1.29 is 17.8 Å². The molecule has 0 aliphatic carbocycles. The van der Waals surface area contributed by atoms with Crippen LogP contribution in [0.5, 0.6) is 0 Å². The van der Waals surface area contributed by atoms with Crippen molar-refractivity contribution in [1.82, 2.24) is 5.32 Å². The molecule has 0 radical (unpaired) electrons. The highest BCUT2D eigenvalue weighted by atomic mass is 127. The predicted molar refractivity (Wildman–Crippen MR) is 66.7 cm³/mol. The van der Waals surface area contributed by atoms with Crippen molar-refractivity contribution in [2.75, 3.05) is 5.75 Å². The van der Waals surface area contributed by atoms with Crippen molar-refractivity contribution >= 4 is 38.6 Å². The van der Waals surface area contributed by atoms with E-state index in [0.29, 0.717) is 6.42 Å². The maximum Gasteiger partial charge on any atom is 0.267 e. The van der Waals surface area contributed by atoms with Gasteiger partial charge in [-0.05, 0) is 20.3 Å². The Kier molecular flexibility index (Phi) is 5.48. The summed E-state index contributed by atoms with van der Waals surface area (Å²) in [5.41, 5.74) is -0.955. The molecule has 0 rings (SSSR count). The number of hydrogen-bond acceptors (Lipinski definition) is 3. The Hall–Kier alpha value is 0.110. The van der Waals surface area contributed by atoms with E-state index in [0.717, 1.165) is 0 Å². The monoisotopic (exact) mass is 349 g/mol. The van der Waals surface area contributed by atoms with Crippen molar-refractivity contribution in [3.63, 3.8) is 0 Å². The molecule has 7 heteroatoms. The predicted octanol–water partition coefficient (Wildman–Crippen LogP) is 0.983. The minimum atomic E-state index is -4.08. The van der Waals surface area contributed by atoms with Crippen LogP contribution in [0.15, 0.2) is 0 Å². The number of nitrogens with one attached hydrogen (secondary N) is 1. The highest BCUT2D eigenvalue weighted by Gasteiger charge is 2.28. The van der Waals surface area contributed by atoms with E-state index in [9.17, 15) is 13.2 Å². The fourth-order valence-electron chi connectivity index (χ4n) is 1.09. The molecule has 5 nitrogen and oxygen atoms in total. The van der Waals surface area contributed by atoms with Gasteiger partial charge in [0, 0.05) is 0 Å².